The number of carbonyl (C=O) groups excluding carboxylic acids is 1. The quantitative estimate of drug-likeness (QED) is 0.494. The molecule has 6 heteroatoms. The van der Waals surface area contributed by atoms with Crippen molar-refractivity contribution in [1.82, 2.24) is 15.6 Å². The zero-order valence-corrected chi connectivity index (χ0v) is 13.7. The van der Waals surface area contributed by atoms with Crippen LogP contribution in [0.1, 0.15) is 28.5 Å². The Labute approximate surface area is 145 Å². The number of phenolic OH excluding ortho intramolecular Hbond substituents is 1. The lowest BCUT2D eigenvalue weighted by atomic mass is 10.1. The van der Waals surface area contributed by atoms with Crippen LogP contribution in [-0.4, -0.2) is 27.4 Å². The summed E-state index contributed by atoms with van der Waals surface area (Å²) in [6.07, 6.45) is 2.36. The minimum absolute atomic E-state index is 0.0971. The lowest BCUT2D eigenvalue weighted by Gasteiger charge is -1.99. The van der Waals surface area contributed by atoms with E-state index in [0.717, 1.165) is 12.0 Å². The molecule has 3 N–H and O–H groups in total. The van der Waals surface area contributed by atoms with Crippen LogP contribution in [0.4, 0.5) is 0 Å². The Balaban J connectivity index is 1.67. The molecule has 0 atom stereocenters. The molecule has 3 rings (SSSR count). The number of aromatic amines is 1. The van der Waals surface area contributed by atoms with Gasteiger partial charge in [-0.3, -0.25) is 9.89 Å². The Hall–Kier alpha value is -3.41. The summed E-state index contributed by atoms with van der Waals surface area (Å²) in [7, 11) is 0. The molecule has 1 aromatic heterocycles. The van der Waals surface area contributed by atoms with Crippen LogP contribution in [0.3, 0.4) is 0 Å². The molecule has 3 aromatic rings. The Morgan fingerprint density at radius 3 is 2.72 bits per heavy atom. The van der Waals surface area contributed by atoms with E-state index in [2.05, 4.69) is 27.6 Å². The van der Waals surface area contributed by atoms with E-state index >= 15 is 0 Å². The maximum absolute atomic E-state index is 12.1. The first-order chi connectivity index (χ1) is 12.2. The van der Waals surface area contributed by atoms with Crippen LogP contribution in [0.25, 0.3) is 11.3 Å². The molecule has 0 radical (unpaired) electrons. The summed E-state index contributed by atoms with van der Waals surface area (Å²) in [6.45, 7) is 2.10. The summed E-state index contributed by atoms with van der Waals surface area (Å²) in [4.78, 5) is 12.1. The number of phenols is 1. The SMILES string of the molecule is CCc1ccc(-c2cc(C(=O)NN=Cc3ccccc3O)[nH]n2)cc1. The van der Waals surface area contributed by atoms with E-state index < -0.39 is 5.91 Å². The van der Waals surface area contributed by atoms with Crippen molar-refractivity contribution in [3.8, 4) is 17.0 Å². The van der Waals surface area contributed by atoms with Gasteiger partial charge in [0.05, 0.1) is 11.9 Å². The molecule has 6 nitrogen and oxygen atoms in total. The highest BCUT2D eigenvalue weighted by Crippen LogP contribution is 2.18. The molecule has 126 valence electrons. The van der Waals surface area contributed by atoms with Crippen LogP contribution in [0.15, 0.2) is 59.7 Å². The number of hydrogen-bond acceptors (Lipinski definition) is 4. The highest BCUT2D eigenvalue weighted by atomic mass is 16.3. The van der Waals surface area contributed by atoms with Crippen molar-refractivity contribution in [3.05, 3.63) is 71.4 Å². The Morgan fingerprint density at radius 1 is 1.24 bits per heavy atom. The maximum atomic E-state index is 12.1. The van der Waals surface area contributed by atoms with Gasteiger partial charge in [0.15, 0.2) is 0 Å². The molecule has 1 heterocycles. The number of nitrogens with one attached hydrogen (secondary N) is 2. The van der Waals surface area contributed by atoms with Crippen molar-refractivity contribution in [2.24, 2.45) is 5.10 Å². The lowest BCUT2D eigenvalue weighted by molar-refractivity contribution is 0.0950. The smallest absolute Gasteiger partial charge is 0.289 e. The minimum atomic E-state index is -0.407. The van der Waals surface area contributed by atoms with Gasteiger partial charge in [-0.1, -0.05) is 43.3 Å². The molecular weight excluding hydrogens is 316 g/mol. The maximum Gasteiger partial charge on any atom is 0.289 e. The van der Waals surface area contributed by atoms with Crippen LogP contribution in [0.2, 0.25) is 0 Å². The molecule has 0 bridgehead atoms. The van der Waals surface area contributed by atoms with Crippen molar-refractivity contribution in [3.63, 3.8) is 0 Å². The number of para-hydroxylation sites is 1. The first-order valence-corrected chi connectivity index (χ1v) is 7.93. The summed E-state index contributed by atoms with van der Waals surface area (Å²) in [5.41, 5.74) is 6.11. The zero-order chi connectivity index (χ0) is 17.6. The Kier molecular flexibility index (Phi) is 4.89. The first kappa shape index (κ1) is 16.4. The predicted molar refractivity (Wildman–Crippen MR) is 96.6 cm³/mol. The largest absolute Gasteiger partial charge is 0.507 e. The number of rotatable bonds is 5. The fourth-order valence-corrected chi connectivity index (χ4v) is 2.31. The number of benzene rings is 2. The molecule has 0 saturated heterocycles. The van der Waals surface area contributed by atoms with Gasteiger partial charge in [-0.05, 0) is 30.2 Å². The second kappa shape index (κ2) is 7.44. The van der Waals surface area contributed by atoms with Gasteiger partial charge in [0.2, 0.25) is 0 Å². The molecule has 0 aliphatic heterocycles. The average Bonchev–Trinajstić information content (AvgIpc) is 3.13. The van der Waals surface area contributed by atoms with E-state index in [9.17, 15) is 9.90 Å². The van der Waals surface area contributed by atoms with E-state index in [4.69, 9.17) is 0 Å². The van der Waals surface area contributed by atoms with Gasteiger partial charge >= 0.3 is 0 Å². The van der Waals surface area contributed by atoms with Gasteiger partial charge in [-0.2, -0.15) is 10.2 Å². The molecule has 25 heavy (non-hydrogen) atoms. The summed E-state index contributed by atoms with van der Waals surface area (Å²) in [6, 6.07) is 16.4. The van der Waals surface area contributed by atoms with Crippen molar-refractivity contribution in [2.75, 3.05) is 0 Å². The van der Waals surface area contributed by atoms with E-state index in [1.807, 2.05) is 24.3 Å². The number of carbonyl (C=O) groups is 1. The van der Waals surface area contributed by atoms with Crippen LogP contribution in [0.5, 0.6) is 5.75 Å². The fraction of sp³-hybridized carbons (Fsp3) is 0.105. The van der Waals surface area contributed by atoms with E-state index in [0.29, 0.717) is 17.0 Å². The van der Waals surface area contributed by atoms with Crippen LogP contribution in [0, 0.1) is 0 Å². The summed E-state index contributed by atoms with van der Waals surface area (Å²) in [5, 5.41) is 20.4. The van der Waals surface area contributed by atoms with E-state index in [-0.39, 0.29) is 5.75 Å². The number of nitrogens with zero attached hydrogens (tertiary/aromatic N) is 2. The molecule has 0 aliphatic carbocycles. The lowest BCUT2D eigenvalue weighted by Crippen LogP contribution is -2.18. The highest BCUT2D eigenvalue weighted by Gasteiger charge is 2.10. The molecular formula is C19H18N4O2. The predicted octanol–water partition coefficient (Wildman–Crippen LogP) is 3.11. The number of amides is 1. The van der Waals surface area contributed by atoms with Gasteiger partial charge in [0.25, 0.3) is 5.91 Å². The number of aromatic nitrogens is 2. The van der Waals surface area contributed by atoms with Crippen molar-refractivity contribution in [1.29, 1.82) is 0 Å². The molecule has 1 amide bonds. The molecule has 0 unspecified atom stereocenters. The fourth-order valence-electron chi connectivity index (χ4n) is 2.31. The van der Waals surface area contributed by atoms with Gasteiger partial charge in [0, 0.05) is 11.1 Å². The minimum Gasteiger partial charge on any atom is -0.507 e. The molecule has 0 spiro atoms. The molecule has 2 aromatic carbocycles. The number of aryl methyl sites for hydroxylation is 1. The number of H-pyrrole nitrogens is 1. The van der Waals surface area contributed by atoms with Crippen LogP contribution >= 0.6 is 0 Å². The third-order valence-corrected chi connectivity index (χ3v) is 3.79. The standard InChI is InChI=1S/C19H18N4O2/c1-2-13-7-9-14(10-8-13)16-11-17(22-21-16)19(25)23-20-12-15-5-3-4-6-18(15)24/h3-12,24H,2H2,1H3,(H,21,22)(H,23,25). The number of hydrogen-bond donors (Lipinski definition) is 3. The molecule has 0 aliphatic rings. The van der Waals surface area contributed by atoms with Gasteiger partial charge in [-0.25, -0.2) is 5.43 Å². The zero-order valence-electron chi connectivity index (χ0n) is 13.7. The van der Waals surface area contributed by atoms with Crippen LogP contribution in [-0.2, 0) is 6.42 Å². The summed E-state index contributed by atoms with van der Waals surface area (Å²) >= 11 is 0. The van der Waals surface area contributed by atoms with E-state index in [1.54, 1.807) is 30.3 Å². The Bertz CT molecular complexity index is 898. The topological polar surface area (TPSA) is 90.4 Å². The normalized spacial score (nSPS) is 10.9. The van der Waals surface area contributed by atoms with Crippen molar-refractivity contribution >= 4 is 12.1 Å². The van der Waals surface area contributed by atoms with Crippen molar-refractivity contribution in [2.45, 2.75) is 13.3 Å². The summed E-state index contributed by atoms with van der Waals surface area (Å²) < 4.78 is 0. The molecule has 0 fully saturated rings. The third-order valence-electron chi connectivity index (χ3n) is 3.79. The highest BCUT2D eigenvalue weighted by molar-refractivity contribution is 5.94. The van der Waals surface area contributed by atoms with Gasteiger partial charge in [0.1, 0.15) is 11.4 Å². The second-order valence-electron chi connectivity index (χ2n) is 5.48. The number of aromatic hydroxyl groups is 1. The third kappa shape index (κ3) is 3.92. The Morgan fingerprint density at radius 2 is 2.00 bits per heavy atom. The first-order valence-electron chi connectivity index (χ1n) is 7.93. The monoisotopic (exact) mass is 334 g/mol. The average molecular weight is 334 g/mol. The van der Waals surface area contributed by atoms with E-state index in [1.165, 1.54) is 11.8 Å². The summed E-state index contributed by atoms with van der Waals surface area (Å²) in [5.74, 6) is -0.310. The van der Waals surface area contributed by atoms with Gasteiger partial charge < -0.3 is 5.11 Å². The number of hydrazone groups is 1. The second-order valence-corrected chi connectivity index (χ2v) is 5.48. The van der Waals surface area contributed by atoms with Gasteiger partial charge in [-0.15, -0.1) is 0 Å². The molecule has 0 saturated carbocycles. The van der Waals surface area contributed by atoms with Crippen molar-refractivity contribution < 1.29 is 9.90 Å². The van der Waals surface area contributed by atoms with Crippen LogP contribution < -0.4 is 5.43 Å².